The molecule has 0 spiro atoms. The van der Waals surface area contributed by atoms with E-state index in [1.54, 1.807) is 0 Å². The number of halogens is 1. The molecule has 1 aromatic rings. The van der Waals surface area contributed by atoms with Gasteiger partial charge in [-0.15, -0.1) is 0 Å². The Hall–Kier alpha value is -1.13. The Morgan fingerprint density at radius 1 is 1.42 bits per heavy atom. The second-order valence-electron chi connectivity index (χ2n) is 5.07. The number of ether oxygens (including phenoxy) is 1. The SMILES string of the molecule is CCOC1CCN(C(C)c2cc(F)ccc2O)CC1. The number of benzene rings is 1. The smallest absolute Gasteiger partial charge is 0.123 e. The van der Waals surface area contributed by atoms with Crippen molar-refractivity contribution in [3.05, 3.63) is 29.6 Å². The predicted octanol–water partition coefficient (Wildman–Crippen LogP) is 3.09. The first-order valence-electron chi connectivity index (χ1n) is 6.96. The molecule has 0 aliphatic carbocycles. The maximum atomic E-state index is 13.3. The molecule has 0 saturated carbocycles. The van der Waals surface area contributed by atoms with Crippen LogP contribution in [0.25, 0.3) is 0 Å². The van der Waals surface area contributed by atoms with Gasteiger partial charge in [0.2, 0.25) is 0 Å². The monoisotopic (exact) mass is 267 g/mol. The quantitative estimate of drug-likeness (QED) is 0.910. The molecule has 1 aliphatic rings. The summed E-state index contributed by atoms with van der Waals surface area (Å²) in [7, 11) is 0. The maximum absolute atomic E-state index is 13.3. The molecule has 1 N–H and O–H groups in total. The van der Waals surface area contributed by atoms with E-state index in [0.29, 0.717) is 11.7 Å². The molecule has 1 unspecified atom stereocenters. The van der Waals surface area contributed by atoms with Crippen LogP contribution >= 0.6 is 0 Å². The van der Waals surface area contributed by atoms with Gasteiger partial charge in [0.05, 0.1) is 6.10 Å². The highest BCUT2D eigenvalue weighted by Crippen LogP contribution is 2.31. The van der Waals surface area contributed by atoms with Gasteiger partial charge >= 0.3 is 0 Å². The first kappa shape index (κ1) is 14.3. The van der Waals surface area contributed by atoms with E-state index in [0.717, 1.165) is 32.5 Å². The lowest BCUT2D eigenvalue weighted by atomic mass is 10.0. The minimum Gasteiger partial charge on any atom is -0.508 e. The molecule has 1 aromatic carbocycles. The third-order valence-electron chi connectivity index (χ3n) is 3.87. The third-order valence-corrected chi connectivity index (χ3v) is 3.87. The van der Waals surface area contributed by atoms with Gasteiger partial charge in [-0.25, -0.2) is 4.39 Å². The number of phenolic OH excluding ortho intramolecular Hbond substituents is 1. The fourth-order valence-electron chi connectivity index (χ4n) is 2.72. The number of hydrogen-bond donors (Lipinski definition) is 1. The minimum atomic E-state index is -0.302. The molecule has 0 amide bonds. The van der Waals surface area contributed by atoms with Crippen molar-refractivity contribution in [1.82, 2.24) is 4.90 Å². The van der Waals surface area contributed by atoms with Gasteiger partial charge in [-0.1, -0.05) is 0 Å². The molecular formula is C15H22FNO2. The van der Waals surface area contributed by atoms with Crippen LogP contribution < -0.4 is 0 Å². The molecule has 0 radical (unpaired) electrons. The summed E-state index contributed by atoms with van der Waals surface area (Å²) in [6.45, 7) is 6.61. The average molecular weight is 267 g/mol. The van der Waals surface area contributed by atoms with Crippen LogP contribution in [-0.4, -0.2) is 35.8 Å². The van der Waals surface area contributed by atoms with Crippen LogP contribution in [0.1, 0.15) is 38.3 Å². The van der Waals surface area contributed by atoms with Crippen molar-refractivity contribution in [3.63, 3.8) is 0 Å². The summed E-state index contributed by atoms with van der Waals surface area (Å²) in [6, 6.07) is 4.16. The molecule has 0 aromatic heterocycles. The van der Waals surface area contributed by atoms with Crippen LogP contribution in [0.2, 0.25) is 0 Å². The Morgan fingerprint density at radius 2 is 2.11 bits per heavy atom. The molecular weight excluding hydrogens is 245 g/mol. The normalized spacial score (nSPS) is 19.5. The van der Waals surface area contributed by atoms with Crippen LogP contribution in [-0.2, 0) is 4.74 Å². The summed E-state index contributed by atoms with van der Waals surface area (Å²) >= 11 is 0. The van der Waals surface area contributed by atoms with Gasteiger partial charge in [-0.3, -0.25) is 4.90 Å². The molecule has 1 heterocycles. The van der Waals surface area contributed by atoms with E-state index < -0.39 is 0 Å². The Labute approximate surface area is 114 Å². The number of nitrogens with zero attached hydrogens (tertiary/aromatic N) is 1. The van der Waals surface area contributed by atoms with Gasteiger partial charge < -0.3 is 9.84 Å². The van der Waals surface area contributed by atoms with E-state index in [-0.39, 0.29) is 17.6 Å². The lowest BCUT2D eigenvalue weighted by Crippen LogP contribution is -2.38. The van der Waals surface area contributed by atoms with Crippen LogP contribution in [0.5, 0.6) is 5.75 Å². The molecule has 3 nitrogen and oxygen atoms in total. The van der Waals surface area contributed by atoms with Crippen molar-refractivity contribution in [3.8, 4) is 5.75 Å². The van der Waals surface area contributed by atoms with Gasteiger partial charge in [0, 0.05) is 31.3 Å². The number of phenols is 1. The van der Waals surface area contributed by atoms with Crippen molar-refractivity contribution >= 4 is 0 Å². The molecule has 106 valence electrons. The van der Waals surface area contributed by atoms with Crippen LogP contribution in [0.15, 0.2) is 18.2 Å². The lowest BCUT2D eigenvalue weighted by molar-refractivity contribution is 0.00533. The van der Waals surface area contributed by atoms with Gasteiger partial charge in [-0.05, 0) is 44.9 Å². The number of likely N-dealkylation sites (tertiary alicyclic amines) is 1. The van der Waals surface area contributed by atoms with E-state index in [9.17, 15) is 9.50 Å². The van der Waals surface area contributed by atoms with Gasteiger partial charge in [0.1, 0.15) is 11.6 Å². The molecule has 1 saturated heterocycles. The van der Waals surface area contributed by atoms with Crippen molar-refractivity contribution in [2.45, 2.75) is 38.8 Å². The highest BCUT2D eigenvalue weighted by atomic mass is 19.1. The molecule has 19 heavy (non-hydrogen) atoms. The van der Waals surface area contributed by atoms with Gasteiger partial charge in [-0.2, -0.15) is 0 Å². The van der Waals surface area contributed by atoms with Gasteiger partial charge in [0.15, 0.2) is 0 Å². The van der Waals surface area contributed by atoms with E-state index in [1.165, 1.54) is 18.2 Å². The Morgan fingerprint density at radius 3 is 2.74 bits per heavy atom. The summed E-state index contributed by atoms with van der Waals surface area (Å²) < 4.78 is 18.9. The summed E-state index contributed by atoms with van der Waals surface area (Å²) in [5, 5.41) is 9.85. The fraction of sp³-hybridized carbons (Fsp3) is 0.600. The topological polar surface area (TPSA) is 32.7 Å². The van der Waals surface area contributed by atoms with E-state index >= 15 is 0 Å². The van der Waals surface area contributed by atoms with Crippen LogP contribution in [0.4, 0.5) is 4.39 Å². The number of rotatable bonds is 4. The molecule has 1 aliphatic heterocycles. The predicted molar refractivity (Wildman–Crippen MR) is 72.7 cm³/mol. The van der Waals surface area contributed by atoms with E-state index in [2.05, 4.69) is 4.90 Å². The molecule has 4 heteroatoms. The summed E-state index contributed by atoms with van der Waals surface area (Å²) in [4.78, 5) is 2.27. The summed E-state index contributed by atoms with van der Waals surface area (Å²) in [5.41, 5.74) is 0.662. The summed E-state index contributed by atoms with van der Waals surface area (Å²) in [6.07, 6.45) is 2.33. The Kier molecular flexibility index (Phi) is 4.77. The second kappa shape index (κ2) is 6.35. The minimum absolute atomic E-state index is 0.0262. The zero-order valence-corrected chi connectivity index (χ0v) is 11.6. The van der Waals surface area contributed by atoms with Crippen molar-refractivity contribution < 1.29 is 14.2 Å². The zero-order valence-electron chi connectivity index (χ0n) is 11.6. The largest absolute Gasteiger partial charge is 0.508 e. The number of hydrogen-bond acceptors (Lipinski definition) is 3. The van der Waals surface area contributed by atoms with E-state index in [1.807, 2.05) is 13.8 Å². The Bertz CT molecular complexity index is 417. The van der Waals surface area contributed by atoms with Crippen LogP contribution in [0, 0.1) is 5.82 Å². The Balaban J connectivity index is 2.01. The molecule has 0 bridgehead atoms. The summed E-state index contributed by atoms with van der Waals surface area (Å²) in [5.74, 6) is -0.135. The lowest BCUT2D eigenvalue weighted by Gasteiger charge is -2.36. The molecule has 1 fully saturated rings. The fourth-order valence-corrected chi connectivity index (χ4v) is 2.72. The standard InChI is InChI=1S/C15H22FNO2/c1-3-19-13-6-8-17(9-7-13)11(2)14-10-12(16)4-5-15(14)18/h4-5,10-11,13,18H,3,6-9H2,1-2H3. The van der Waals surface area contributed by atoms with Crippen molar-refractivity contribution in [2.75, 3.05) is 19.7 Å². The molecule has 2 rings (SSSR count). The zero-order chi connectivity index (χ0) is 13.8. The van der Waals surface area contributed by atoms with Crippen molar-refractivity contribution in [1.29, 1.82) is 0 Å². The maximum Gasteiger partial charge on any atom is 0.123 e. The highest BCUT2D eigenvalue weighted by Gasteiger charge is 2.25. The number of piperidine rings is 1. The van der Waals surface area contributed by atoms with E-state index in [4.69, 9.17) is 4.74 Å². The highest BCUT2D eigenvalue weighted by molar-refractivity contribution is 5.35. The first-order valence-corrected chi connectivity index (χ1v) is 6.96. The van der Waals surface area contributed by atoms with Crippen LogP contribution in [0.3, 0.4) is 0 Å². The third kappa shape index (κ3) is 3.45. The number of aromatic hydroxyl groups is 1. The first-order chi connectivity index (χ1) is 9.11. The average Bonchev–Trinajstić information content (AvgIpc) is 2.42. The van der Waals surface area contributed by atoms with Crippen molar-refractivity contribution in [2.24, 2.45) is 0 Å². The molecule has 1 atom stereocenters. The van der Waals surface area contributed by atoms with Gasteiger partial charge in [0.25, 0.3) is 0 Å². The second-order valence-corrected chi connectivity index (χ2v) is 5.07.